The van der Waals surface area contributed by atoms with Gasteiger partial charge >= 0.3 is 12.1 Å². The Balaban J connectivity index is 1.44. The Hall–Kier alpha value is -3.61. The number of rotatable bonds is 8. The number of carboxylic acid groups (broad SMARTS) is 1. The highest BCUT2D eigenvalue weighted by Crippen LogP contribution is 2.44. The number of carbonyl (C=O) groups excluding carboxylic acids is 2. The third-order valence-electron chi connectivity index (χ3n) is 6.97. The summed E-state index contributed by atoms with van der Waals surface area (Å²) in [6.45, 7) is 3.60. The molecular formula is C28H32N2O5. The van der Waals surface area contributed by atoms with Gasteiger partial charge in [0.2, 0.25) is 5.91 Å². The minimum Gasteiger partial charge on any atom is -0.480 e. The van der Waals surface area contributed by atoms with E-state index >= 15 is 0 Å². The number of hydrogen-bond acceptors (Lipinski definition) is 4. The molecule has 0 saturated heterocycles. The Morgan fingerprint density at radius 1 is 1.00 bits per heavy atom. The van der Waals surface area contributed by atoms with Gasteiger partial charge in [-0.3, -0.25) is 9.59 Å². The predicted octanol–water partition coefficient (Wildman–Crippen LogP) is 4.57. The van der Waals surface area contributed by atoms with Gasteiger partial charge in [-0.15, -0.1) is 6.58 Å². The van der Waals surface area contributed by atoms with E-state index in [0.29, 0.717) is 12.8 Å². The molecule has 0 bridgehead atoms. The largest absolute Gasteiger partial charge is 0.480 e. The van der Waals surface area contributed by atoms with E-state index < -0.39 is 24.0 Å². The summed E-state index contributed by atoms with van der Waals surface area (Å²) >= 11 is 0. The summed E-state index contributed by atoms with van der Waals surface area (Å²) in [6, 6.07) is 15.9. The van der Waals surface area contributed by atoms with E-state index in [9.17, 15) is 19.5 Å². The van der Waals surface area contributed by atoms with Gasteiger partial charge in [0.25, 0.3) is 0 Å². The van der Waals surface area contributed by atoms with Crippen molar-refractivity contribution in [3.05, 3.63) is 72.3 Å². The third-order valence-corrected chi connectivity index (χ3v) is 6.97. The summed E-state index contributed by atoms with van der Waals surface area (Å²) in [7, 11) is 0. The molecule has 1 fully saturated rings. The molecule has 0 aliphatic heterocycles. The maximum Gasteiger partial charge on any atom is 0.407 e. The minimum atomic E-state index is -1.07. The van der Waals surface area contributed by atoms with Crippen molar-refractivity contribution in [3.63, 3.8) is 0 Å². The Kier molecular flexibility index (Phi) is 7.85. The molecule has 1 saturated carbocycles. The molecule has 2 atom stereocenters. The van der Waals surface area contributed by atoms with Crippen LogP contribution in [-0.4, -0.2) is 53.7 Å². The van der Waals surface area contributed by atoms with Crippen molar-refractivity contribution in [3.8, 4) is 11.1 Å². The van der Waals surface area contributed by atoms with Crippen molar-refractivity contribution >= 4 is 18.0 Å². The second-order valence-corrected chi connectivity index (χ2v) is 9.22. The fraction of sp³-hybridized carbons (Fsp3) is 0.393. The minimum absolute atomic E-state index is 0.0432. The van der Waals surface area contributed by atoms with Crippen LogP contribution in [0.4, 0.5) is 4.79 Å². The van der Waals surface area contributed by atoms with Crippen LogP contribution >= 0.6 is 0 Å². The quantitative estimate of drug-likeness (QED) is 0.430. The van der Waals surface area contributed by atoms with Gasteiger partial charge in [0.05, 0.1) is 5.92 Å². The van der Waals surface area contributed by atoms with Crippen LogP contribution in [0.15, 0.2) is 61.2 Å². The molecule has 2 N–H and O–H groups in total. The first-order chi connectivity index (χ1) is 17.0. The Morgan fingerprint density at radius 3 is 2.26 bits per heavy atom. The molecule has 2 aliphatic carbocycles. The summed E-state index contributed by atoms with van der Waals surface area (Å²) in [6.07, 6.45) is 4.92. The zero-order valence-corrected chi connectivity index (χ0v) is 19.8. The first-order valence-electron chi connectivity index (χ1n) is 12.2. The first kappa shape index (κ1) is 24.5. The van der Waals surface area contributed by atoms with Gasteiger partial charge in [-0.2, -0.15) is 0 Å². The smallest absolute Gasteiger partial charge is 0.407 e. The van der Waals surface area contributed by atoms with Gasteiger partial charge in [0.15, 0.2) is 0 Å². The van der Waals surface area contributed by atoms with Gasteiger partial charge in [-0.05, 0) is 35.1 Å². The van der Waals surface area contributed by atoms with Gasteiger partial charge in [-0.1, -0.05) is 73.9 Å². The number of alkyl carbamates (subject to hydrolysis) is 1. The number of nitrogens with zero attached hydrogens (tertiary/aromatic N) is 1. The second kappa shape index (κ2) is 11.2. The first-order valence-corrected chi connectivity index (χ1v) is 12.2. The molecule has 35 heavy (non-hydrogen) atoms. The van der Waals surface area contributed by atoms with E-state index in [1.54, 1.807) is 0 Å². The molecule has 7 heteroatoms. The molecule has 0 spiro atoms. The van der Waals surface area contributed by atoms with Crippen LogP contribution in [0.1, 0.15) is 49.1 Å². The molecular weight excluding hydrogens is 444 g/mol. The standard InChI is InChI=1S/C28H32N2O5/c1-2-16-30(17-26(31)32)27(33)23-14-4-3-5-15-25(23)29-28(34)35-18-24-21-12-8-6-10-19(21)20-11-7-9-13-22(20)24/h2,6-13,23-25H,1,3-5,14-18H2,(H,29,34)(H,31,32)/t23-,25+/m0/s1. The highest BCUT2D eigenvalue weighted by Gasteiger charge is 2.35. The van der Waals surface area contributed by atoms with Crippen molar-refractivity contribution in [2.75, 3.05) is 19.7 Å². The zero-order valence-electron chi connectivity index (χ0n) is 19.8. The summed E-state index contributed by atoms with van der Waals surface area (Å²) in [5, 5.41) is 12.2. The van der Waals surface area contributed by atoms with Crippen LogP contribution in [0.3, 0.4) is 0 Å². The molecule has 4 rings (SSSR count). The summed E-state index contributed by atoms with van der Waals surface area (Å²) in [5.74, 6) is -1.87. The molecule has 2 amide bonds. The van der Waals surface area contributed by atoms with E-state index in [1.807, 2.05) is 24.3 Å². The average Bonchev–Trinajstić information content (AvgIpc) is 2.98. The molecule has 0 aromatic heterocycles. The molecule has 2 aromatic carbocycles. The van der Waals surface area contributed by atoms with Crippen LogP contribution in [0.2, 0.25) is 0 Å². The van der Waals surface area contributed by atoms with E-state index in [-0.39, 0.29) is 31.5 Å². The molecule has 0 radical (unpaired) electrons. The lowest BCUT2D eigenvalue weighted by Gasteiger charge is -2.30. The molecule has 184 valence electrons. The molecule has 0 heterocycles. The lowest BCUT2D eigenvalue weighted by Crippen LogP contribution is -2.49. The highest BCUT2D eigenvalue weighted by atomic mass is 16.5. The van der Waals surface area contributed by atoms with Gasteiger partial charge in [0, 0.05) is 18.5 Å². The SMILES string of the molecule is C=CCN(CC(=O)O)C(=O)[C@H]1CCCCC[C@H]1NC(=O)OCC1c2ccccc2-c2ccccc21. The topological polar surface area (TPSA) is 95.9 Å². The number of hydrogen-bond donors (Lipinski definition) is 2. The second-order valence-electron chi connectivity index (χ2n) is 9.22. The number of aliphatic carboxylic acids is 1. The number of carbonyl (C=O) groups is 3. The van der Waals surface area contributed by atoms with Crippen LogP contribution in [0.25, 0.3) is 11.1 Å². The van der Waals surface area contributed by atoms with Crippen molar-refractivity contribution < 1.29 is 24.2 Å². The van der Waals surface area contributed by atoms with E-state index in [1.165, 1.54) is 11.0 Å². The highest BCUT2D eigenvalue weighted by molar-refractivity contribution is 5.84. The van der Waals surface area contributed by atoms with Gasteiger partial charge in [0.1, 0.15) is 13.2 Å². The van der Waals surface area contributed by atoms with Crippen molar-refractivity contribution in [2.45, 2.75) is 44.1 Å². The molecule has 0 unspecified atom stereocenters. The Labute approximate surface area is 205 Å². The number of amides is 2. The van der Waals surface area contributed by atoms with Crippen molar-refractivity contribution in [1.29, 1.82) is 0 Å². The Bertz CT molecular complexity index is 1050. The predicted molar refractivity (Wildman–Crippen MR) is 133 cm³/mol. The van der Waals surface area contributed by atoms with Crippen LogP contribution in [0, 0.1) is 5.92 Å². The van der Waals surface area contributed by atoms with Crippen LogP contribution < -0.4 is 5.32 Å². The molecule has 7 nitrogen and oxygen atoms in total. The maximum absolute atomic E-state index is 13.2. The summed E-state index contributed by atoms with van der Waals surface area (Å²) in [5.41, 5.74) is 4.59. The fourth-order valence-electron chi connectivity index (χ4n) is 5.35. The Morgan fingerprint density at radius 2 is 1.63 bits per heavy atom. The number of nitrogens with one attached hydrogen (secondary N) is 1. The lowest BCUT2D eigenvalue weighted by molar-refractivity contribution is -0.146. The van der Waals surface area contributed by atoms with E-state index in [4.69, 9.17) is 4.74 Å². The van der Waals surface area contributed by atoms with Crippen LogP contribution in [0.5, 0.6) is 0 Å². The molecule has 2 aliphatic rings. The van der Waals surface area contributed by atoms with Crippen molar-refractivity contribution in [2.24, 2.45) is 5.92 Å². The average molecular weight is 477 g/mol. The van der Waals surface area contributed by atoms with Crippen LogP contribution in [-0.2, 0) is 14.3 Å². The van der Waals surface area contributed by atoms with E-state index in [0.717, 1.165) is 41.5 Å². The number of benzene rings is 2. The lowest BCUT2D eigenvalue weighted by atomic mass is 9.93. The van der Waals surface area contributed by atoms with E-state index in [2.05, 4.69) is 36.2 Å². The van der Waals surface area contributed by atoms with Gasteiger partial charge < -0.3 is 20.1 Å². The number of fused-ring (bicyclic) bond motifs is 3. The third kappa shape index (κ3) is 5.56. The number of ether oxygens (including phenoxy) is 1. The summed E-state index contributed by atoms with van der Waals surface area (Å²) < 4.78 is 5.70. The van der Waals surface area contributed by atoms with Crippen molar-refractivity contribution in [1.82, 2.24) is 10.2 Å². The molecule has 2 aromatic rings. The van der Waals surface area contributed by atoms with Gasteiger partial charge in [-0.25, -0.2) is 4.79 Å². The maximum atomic E-state index is 13.2. The fourth-order valence-corrected chi connectivity index (χ4v) is 5.35. The zero-order chi connectivity index (χ0) is 24.8. The number of carboxylic acids is 1. The normalized spacial score (nSPS) is 19.1. The summed E-state index contributed by atoms with van der Waals surface area (Å²) in [4.78, 5) is 38.7. The monoisotopic (exact) mass is 476 g/mol.